The van der Waals surface area contributed by atoms with E-state index in [4.69, 9.17) is 0 Å². The SMILES string of the molecule is CC(C)(C)C1CCC(c2cnn(Cc3ccccc3)c2)C1. The maximum Gasteiger partial charge on any atom is 0.0659 e. The number of hydrogen-bond donors (Lipinski definition) is 0. The summed E-state index contributed by atoms with van der Waals surface area (Å²) in [5.74, 6) is 1.55. The third-order valence-electron chi connectivity index (χ3n) is 4.97. The Bertz CT molecular complexity index is 577. The molecule has 0 radical (unpaired) electrons. The summed E-state index contributed by atoms with van der Waals surface area (Å²) in [6.45, 7) is 7.99. The van der Waals surface area contributed by atoms with Crippen molar-refractivity contribution in [2.24, 2.45) is 11.3 Å². The summed E-state index contributed by atoms with van der Waals surface area (Å²) in [7, 11) is 0. The first kappa shape index (κ1) is 14.4. The number of hydrogen-bond acceptors (Lipinski definition) is 1. The molecule has 0 bridgehead atoms. The highest BCUT2D eigenvalue weighted by atomic mass is 15.3. The van der Waals surface area contributed by atoms with Gasteiger partial charge in [-0.25, -0.2) is 0 Å². The van der Waals surface area contributed by atoms with Crippen molar-refractivity contribution in [2.75, 3.05) is 0 Å². The average molecular weight is 282 g/mol. The number of benzene rings is 1. The lowest BCUT2D eigenvalue weighted by atomic mass is 9.79. The molecule has 1 saturated carbocycles. The fraction of sp³-hybridized carbons (Fsp3) is 0.526. The fourth-order valence-corrected chi connectivity index (χ4v) is 3.52. The van der Waals surface area contributed by atoms with Crippen LogP contribution >= 0.6 is 0 Å². The Morgan fingerprint density at radius 2 is 1.90 bits per heavy atom. The van der Waals surface area contributed by atoms with Crippen molar-refractivity contribution >= 4 is 0 Å². The molecule has 0 saturated heterocycles. The van der Waals surface area contributed by atoms with E-state index in [-0.39, 0.29) is 0 Å². The quantitative estimate of drug-likeness (QED) is 0.786. The molecule has 1 aromatic carbocycles. The highest BCUT2D eigenvalue weighted by molar-refractivity contribution is 5.17. The van der Waals surface area contributed by atoms with E-state index in [2.05, 4.69) is 73.3 Å². The van der Waals surface area contributed by atoms with E-state index in [1.54, 1.807) is 0 Å². The van der Waals surface area contributed by atoms with Gasteiger partial charge >= 0.3 is 0 Å². The fourth-order valence-electron chi connectivity index (χ4n) is 3.52. The van der Waals surface area contributed by atoms with Crippen LogP contribution in [-0.4, -0.2) is 9.78 Å². The van der Waals surface area contributed by atoms with Gasteiger partial charge in [0.05, 0.1) is 12.7 Å². The molecule has 0 aliphatic heterocycles. The molecule has 2 aromatic rings. The molecule has 2 atom stereocenters. The highest BCUT2D eigenvalue weighted by Gasteiger charge is 2.33. The lowest BCUT2D eigenvalue weighted by Gasteiger charge is -2.26. The number of aromatic nitrogens is 2. The predicted octanol–water partition coefficient (Wildman–Crippen LogP) is 4.86. The van der Waals surface area contributed by atoms with E-state index >= 15 is 0 Å². The van der Waals surface area contributed by atoms with E-state index in [0.29, 0.717) is 11.3 Å². The Hall–Kier alpha value is -1.57. The lowest BCUT2D eigenvalue weighted by molar-refractivity contribution is 0.244. The summed E-state index contributed by atoms with van der Waals surface area (Å²) >= 11 is 0. The summed E-state index contributed by atoms with van der Waals surface area (Å²) in [4.78, 5) is 0. The standard InChI is InChI=1S/C19H26N2/c1-19(2,3)18-10-9-16(11-18)17-12-20-21(14-17)13-15-7-5-4-6-8-15/h4-8,12,14,16,18H,9-11,13H2,1-3H3. The van der Waals surface area contributed by atoms with Crippen molar-refractivity contribution < 1.29 is 0 Å². The van der Waals surface area contributed by atoms with Crippen LogP contribution in [0.25, 0.3) is 0 Å². The zero-order chi connectivity index (χ0) is 14.9. The molecule has 0 spiro atoms. The van der Waals surface area contributed by atoms with E-state index in [1.165, 1.54) is 30.4 Å². The van der Waals surface area contributed by atoms with Gasteiger partial charge < -0.3 is 0 Å². The third kappa shape index (κ3) is 3.37. The first-order valence-electron chi connectivity index (χ1n) is 8.08. The van der Waals surface area contributed by atoms with Crippen LogP contribution in [0.3, 0.4) is 0 Å². The third-order valence-corrected chi connectivity index (χ3v) is 4.97. The molecule has 3 rings (SSSR count). The Labute approximate surface area is 128 Å². The Morgan fingerprint density at radius 1 is 1.14 bits per heavy atom. The van der Waals surface area contributed by atoms with E-state index < -0.39 is 0 Å². The monoisotopic (exact) mass is 282 g/mol. The molecular formula is C19H26N2. The highest BCUT2D eigenvalue weighted by Crippen LogP contribution is 2.46. The first-order valence-corrected chi connectivity index (χ1v) is 8.08. The van der Waals surface area contributed by atoms with Crippen LogP contribution < -0.4 is 0 Å². The van der Waals surface area contributed by atoms with E-state index in [9.17, 15) is 0 Å². The lowest BCUT2D eigenvalue weighted by Crippen LogP contribution is -2.17. The van der Waals surface area contributed by atoms with Gasteiger partial charge in [-0.05, 0) is 47.6 Å². The number of rotatable bonds is 3. The van der Waals surface area contributed by atoms with Crippen LogP contribution in [-0.2, 0) is 6.54 Å². The van der Waals surface area contributed by atoms with Crippen LogP contribution in [0.1, 0.15) is 57.1 Å². The van der Waals surface area contributed by atoms with Gasteiger partial charge in [-0.2, -0.15) is 5.10 Å². The number of nitrogens with zero attached hydrogens (tertiary/aromatic N) is 2. The van der Waals surface area contributed by atoms with Gasteiger partial charge in [-0.15, -0.1) is 0 Å². The van der Waals surface area contributed by atoms with Crippen molar-refractivity contribution in [3.8, 4) is 0 Å². The predicted molar refractivity (Wildman–Crippen MR) is 87.3 cm³/mol. The largest absolute Gasteiger partial charge is 0.268 e. The van der Waals surface area contributed by atoms with Gasteiger partial charge in [-0.1, -0.05) is 51.1 Å². The van der Waals surface area contributed by atoms with Crippen molar-refractivity contribution in [1.29, 1.82) is 0 Å². The van der Waals surface area contributed by atoms with Crippen molar-refractivity contribution in [3.63, 3.8) is 0 Å². The molecule has 1 aliphatic carbocycles. The molecule has 2 unspecified atom stereocenters. The van der Waals surface area contributed by atoms with Crippen LogP contribution in [0.4, 0.5) is 0 Å². The van der Waals surface area contributed by atoms with Crippen molar-refractivity contribution in [2.45, 2.75) is 52.5 Å². The minimum atomic E-state index is 0.439. The second kappa shape index (κ2) is 5.67. The molecule has 112 valence electrons. The van der Waals surface area contributed by atoms with Crippen molar-refractivity contribution in [3.05, 3.63) is 53.9 Å². The Morgan fingerprint density at radius 3 is 2.57 bits per heavy atom. The molecule has 1 heterocycles. The molecule has 0 N–H and O–H groups in total. The molecular weight excluding hydrogens is 256 g/mol. The summed E-state index contributed by atoms with van der Waals surface area (Å²) in [5, 5.41) is 4.56. The van der Waals surface area contributed by atoms with Crippen LogP contribution in [0.15, 0.2) is 42.7 Å². The smallest absolute Gasteiger partial charge is 0.0659 e. The molecule has 1 aromatic heterocycles. The van der Waals surface area contributed by atoms with Gasteiger partial charge in [0.15, 0.2) is 0 Å². The summed E-state index contributed by atoms with van der Waals surface area (Å²) in [5.41, 5.74) is 3.18. The second-order valence-electron chi connectivity index (χ2n) is 7.53. The van der Waals surface area contributed by atoms with Gasteiger partial charge in [0, 0.05) is 6.20 Å². The first-order chi connectivity index (χ1) is 10.0. The van der Waals surface area contributed by atoms with E-state index in [0.717, 1.165) is 12.5 Å². The molecule has 2 nitrogen and oxygen atoms in total. The topological polar surface area (TPSA) is 17.8 Å². The second-order valence-corrected chi connectivity index (χ2v) is 7.53. The minimum Gasteiger partial charge on any atom is -0.268 e. The maximum absolute atomic E-state index is 4.56. The van der Waals surface area contributed by atoms with Gasteiger partial charge in [0.2, 0.25) is 0 Å². The summed E-state index contributed by atoms with van der Waals surface area (Å²) < 4.78 is 2.08. The summed E-state index contributed by atoms with van der Waals surface area (Å²) in [6.07, 6.45) is 8.33. The minimum absolute atomic E-state index is 0.439. The van der Waals surface area contributed by atoms with Crippen LogP contribution in [0, 0.1) is 11.3 Å². The maximum atomic E-state index is 4.56. The Balaban J connectivity index is 1.66. The molecule has 1 fully saturated rings. The van der Waals surface area contributed by atoms with E-state index in [1.807, 2.05) is 0 Å². The normalized spacial score (nSPS) is 22.6. The van der Waals surface area contributed by atoms with Crippen LogP contribution in [0.2, 0.25) is 0 Å². The molecule has 21 heavy (non-hydrogen) atoms. The molecule has 2 heteroatoms. The van der Waals surface area contributed by atoms with Crippen LogP contribution in [0.5, 0.6) is 0 Å². The Kier molecular flexibility index (Phi) is 3.88. The van der Waals surface area contributed by atoms with Gasteiger partial charge in [-0.3, -0.25) is 4.68 Å². The summed E-state index contributed by atoms with van der Waals surface area (Å²) in [6, 6.07) is 10.6. The zero-order valence-electron chi connectivity index (χ0n) is 13.4. The average Bonchev–Trinajstić information content (AvgIpc) is 3.07. The zero-order valence-corrected chi connectivity index (χ0v) is 13.4. The van der Waals surface area contributed by atoms with Crippen molar-refractivity contribution in [1.82, 2.24) is 9.78 Å². The van der Waals surface area contributed by atoms with Gasteiger partial charge in [0.25, 0.3) is 0 Å². The van der Waals surface area contributed by atoms with Gasteiger partial charge in [0.1, 0.15) is 0 Å². The molecule has 0 amide bonds. The molecule has 1 aliphatic rings.